The van der Waals surface area contributed by atoms with Crippen LogP contribution in [0.2, 0.25) is 0 Å². The number of carboxylic acids is 2. The third-order valence-corrected chi connectivity index (χ3v) is 4.70. The first-order valence-electron chi connectivity index (χ1n) is 12.9. The van der Waals surface area contributed by atoms with Crippen molar-refractivity contribution in [2.75, 3.05) is 0 Å². The molecule has 1 aromatic carbocycles. The molecular weight excluding hydrogens is 531 g/mol. The maximum Gasteiger partial charge on any atom is 2.00 e. The minimum atomic E-state index is -1.12. The van der Waals surface area contributed by atoms with Crippen LogP contribution in [0.3, 0.4) is 0 Å². The van der Waals surface area contributed by atoms with Gasteiger partial charge in [-0.1, -0.05) is 148 Å². The van der Waals surface area contributed by atoms with E-state index >= 15 is 0 Å². The van der Waals surface area contributed by atoms with Gasteiger partial charge in [-0.25, -0.2) is 0 Å². The van der Waals surface area contributed by atoms with Crippen LogP contribution in [0.4, 0.5) is 0 Å². The van der Waals surface area contributed by atoms with Gasteiger partial charge in [0.15, 0.2) is 0 Å². The van der Waals surface area contributed by atoms with Gasteiger partial charge < -0.3 is 19.8 Å². The molecule has 0 aliphatic carbocycles. The van der Waals surface area contributed by atoms with Crippen molar-refractivity contribution in [2.24, 2.45) is 0 Å². The Bertz CT molecular complexity index is 539. The molecule has 0 atom stereocenters. The normalized spacial score (nSPS) is 9.12. The molecule has 0 aliphatic heterocycles. The molecule has 1 rings (SSSR count). The van der Waals surface area contributed by atoms with Crippen molar-refractivity contribution in [1.82, 2.24) is 0 Å². The summed E-state index contributed by atoms with van der Waals surface area (Å²) in [5, 5.41) is 20.4. The van der Waals surface area contributed by atoms with Crippen molar-refractivity contribution in [3.05, 3.63) is 49.2 Å². The van der Waals surface area contributed by atoms with Crippen LogP contribution in [0.15, 0.2) is 24.3 Å². The third kappa shape index (κ3) is 38.2. The summed E-state index contributed by atoms with van der Waals surface area (Å²) in [6, 6.07) is 6.63. The van der Waals surface area contributed by atoms with Crippen LogP contribution >= 0.6 is 0 Å². The van der Waals surface area contributed by atoms with Gasteiger partial charge in [-0.2, -0.15) is 0 Å². The largest absolute Gasteiger partial charge is 2.00 e. The Kier molecular flexibility index (Phi) is 40.3. The second-order valence-electron chi connectivity index (χ2n) is 8.17. The molecule has 34 heavy (non-hydrogen) atoms. The summed E-state index contributed by atoms with van der Waals surface area (Å²) in [7, 11) is 0. The first-order chi connectivity index (χ1) is 15.8. The number of benzene rings is 1. The topological polar surface area (TPSA) is 80.3 Å². The summed E-state index contributed by atoms with van der Waals surface area (Å²) in [5.74, 6) is -2.03. The summed E-state index contributed by atoms with van der Waals surface area (Å²) in [6.07, 6.45) is 17.1. The van der Waals surface area contributed by atoms with Crippen LogP contribution in [0, 0.1) is 20.8 Å². The molecular formula is C29H50O4Sn. The molecule has 0 unspecified atom stereocenters. The number of aryl methyl sites for hydroxylation is 1. The molecule has 5 heteroatoms. The number of aromatic carboxylic acids is 1. The summed E-state index contributed by atoms with van der Waals surface area (Å²) >= 11 is 0. The Balaban J connectivity index is -0.000000203. The Hall–Kier alpha value is -1.04. The second-order valence-corrected chi connectivity index (χ2v) is 8.17. The molecule has 0 heterocycles. The fraction of sp³-hybridized carbons (Fsp3) is 0.655. The fourth-order valence-corrected chi connectivity index (χ4v) is 2.53. The summed E-state index contributed by atoms with van der Waals surface area (Å²) in [5.41, 5.74) is 1.17. The fourth-order valence-electron chi connectivity index (χ4n) is 2.53. The van der Waals surface area contributed by atoms with Crippen LogP contribution in [-0.4, -0.2) is 35.8 Å². The monoisotopic (exact) mass is 582 g/mol. The van der Waals surface area contributed by atoms with Gasteiger partial charge in [0.25, 0.3) is 0 Å². The van der Waals surface area contributed by atoms with Gasteiger partial charge >= 0.3 is 23.9 Å². The predicted octanol–water partition coefficient (Wildman–Crippen LogP) is 6.27. The van der Waals surface area contributed by atoms with E-state index in [9.17, 15) is 19.8 Å². The number of carboxylic acid groups (broad SMARTS) is 2. The minimum Gasteiger partial charge on any atom is -0.550 e. The van der Waals surface area contributed by atoms with E-state index < -0.39 is 11.9 Å². The number of hydrogen-bond acceptors (Lipinski definition) is 4. The molecule has 4 radical (unpaired) electrons. The van der Waals surface area contributed by atoms with Crippen LogP contribution in [-0.2, 0) is 4.79 Å². The maximum absolute atomic E-state index is 10.2. The zero-order valence-electron chi connectivity index (χ0n) is 22.5. The van der Waals surface area contributed by atoms with Gasteiger partial charge in [0.1, 0.15) is 0 Å². The van der Waals surface area contributed by atoms with Crippen LogP contribution in [0.5, 0.6) is 0 Å². The molecule has 0 spiro atoms. The number of carbonyl (C=O) groups excluding carboxylic acids is 2. The number of carbonyl (C=O) groups is 2. The number of hydrogen-bond donors (Lipinski definition) is 0. The first-order valence-corrected chi connectivity index (χ1v) is 12.9. The van der Waals surface area contributed by atoms with Gasteiger partial charge in [0, 0.05) is 5.97 Å². The molecule has 0 fully saturated rings. The van der Waals surface area contributed by atoms with Crippen molar-refractivity contribution < 1.29 is 19.8 Å². The Morgan fingerprint density at radius 2 is 1.15 bits per heavy atom. The molecule has 4 nitrogen and oxygen atoms in total. The van der Waals surface area contributed by atoms with E-state index in [0.29, 0.717) is 0 Å². The van der Waals surface area contributed by atoms with Gasteiger partial charge in [-0.3, -0.25) is 0 Å². The van der Waals surface area contributed by atoms with Crippen molar-refractivity contribution in [3.63, 3.8) is 0 Å². The zero-order valence-corrected chi connectivity index (χ0v) is 25.3. The number of rotatable bonds is 14. The van der Waals surface area contributed by atoms with E-state index in [-0.39, 0.29) is 35.9 Å². The van der Waals surface area contributed by atoms with E-state index in [1.807, 2.05) is 13.0 Å². The zero-order chi connectivity index (χ0) is 25.7. The van der Waals surface area contributed by atoms with Crippen LogP contribution in [0.25, 0.3) is 0 Å². The van der Waals surface area contributed by atoms with E-state index in [0.717, 1.165) is 31.2 Å². The van der Waals surface area contributed by atoms with Crippen LogP contribution in [0.1, 0.15) is 133 Å². The smallest absolute Gasteiger partial charge is 0.550 e. The second kappa shape index (κ2) is 34.1. The van der Waals surface area contributed by atoms with Gasteiger partial charge in [0.05, 0.1) is 5.97 Å². The van der Waals surface area contributed by atoms with Gasteiger partial charge in [-0.05, 0) is 25.3 Å². The molecule has 194 valence electrons. The molecule has 1 aromatic rings. The van der Waals surface area contributed by atoms with E-state index in [1.54, 1.807) is 12.1 Å². The summed E-state index contributed by atoms with van der Waals surface area (Å²) in [4.78, 5) is 20.4. The molecule has 0 amide bonds. The van der Waals surface area contributed by atoms with Gasteiger partial charge in [-0.15, -0.1) is 0 Å². The SMILES string of the molecule is CCCCCCCCCCCCC(=O)[O-].Cc1cccc(C(=O)[O-])c1.[CH2]CCC.[CH2]CCC.[Sn+2]. The standard InChI is InChI=1S/C13H26O2.C8H8O2.2C4H9.Sn/c1-2-3-4-5-6-7-8-9-10-11-12-13(14)15;1-6-3-2-4-7(5-6)8(9)10;2*1-3-4-2;/h2-12H2,1H3,(H,14,15);2-5H,1H3,(H,9,10);2*1,3-4H2,2H3;/q;;;;+2/p-2. The average molecular weight is 581 g/mol. The summed E-state index contributed by atoms with van der Waals surface area (Å²) in [6.45, 7) is 15.5. The first kappa shape index (κ1) is 40.1. The molecule has 0 aromatic heterocycles. The molecule has 0 bridgehead atoms. The maximum atomic E-state index is 10.2. The van der Waals surface area contributed by atoms with Crippen LogP contribution < -0.4 is 10.2 Å². The average Bonchev–Trinajstić information content (AvgIpc) is 2.81. The quantitative estimate of drug-likeness (QED) is 0.192. The Morgan fingerprint density at radius 3 is 1.44 bits per heavy atom. The molecule has 0 saturated heterocycles. The van der Waals surface area contributed by atoms with E-state index in [1.165, 1.54) is 70.3 Å². The van der Waals surface area contributed by atoms with E-state index in [2.05, 4.69) is 34.6 Å². The number of unbranched alkanes of at least 4 members (excludes halogenated alkanes) is 11. The van der Waals surface area contributed by atoms with Crippen molar-refractivity contribution in [3.8, 4) is 0 Å². The third-order valence-electron chi connectivity index (χ3n) is 4.70. The van der Waals surface area contributed by atoms with Gasteiger partial charge in [0.2, 0.25) is 0 Å². The molecule has 0 aliphatic rings. The predicted molar refractivity (Wildman–Crippen MR) is 143 cm³/mol. The molecule has 0 saturated carbocycles. The molecule has 0 N–H and O–H groups in total. The van der Waals surface area contributed by atoms with Crippen molar-refractivity contribution >= 4 is 35.8 Å². The number of aliphatic carboxylic acids is 1. The Morgan fingerprint density at radius 1 is 0.735 bits per heavy atom. The minimum absolute atomic E-state index is 0. The van der Waals surface area contributed by atoms with E-state index in [4.69, 9.17) is 0 Å². The summed E-state index contributed by atoms with van der Waals surface area (Å²) < 4.78 is 0. The van der Waals surface area contributed by atoms with Crippen molar-refractivity contribution in [2.45, 2.75) is 124 Å². The Labute approximate surface area is 228 Å². The van der Waals surface area contributed by atoms with Crippen molar-refractivity contribution in [1.29, 1.82) is 0 Å².